The van der Waals surface area contributed by atoms with E-state index in [4.69, 9.17) is 5.73 Å². The zero-order valence-electron chi connectivity index (χ0n) is 11.6. The van der Waals surface area contributed by atoms with Gasteiger partial charge in [-0.2, -0.15) is 5.10 Å². The first kappa shape index (κ1) is 15.3. The van der Waals surface area contributed by atoms with Crippen LogP contribution in [0.3, 0.4) is 0 Å². The van der Waals surface area contributed by atoms with Gasteiger partial charge in [0.05, 0.1) is 11.8 Å². The highest BCUT2D eigenvalue weighted by Gasteiger charge is 2.34. The van der Waals surface area contributed by atoms with Crippen molar-refractivity contribution in [3.05, 3.63) is 6.20 Å². The third-order valence-corrected chi connectivity index (χ3v) is 5.55. The molecule has 2 rings (SSSR count). The number of aromatic nitrogens is 2. The Morgan fingerprint density at radius 2 is 2.20 bits per heavy atom. The molecule has 0 atom stereocenters. The summed E-state index contributed by atoms with van der Waals surface area (Å²) in [5, 5.41) is 16.4. The smallest absolute Gasteiger partial charge is 0.245 e. The van der Waals surface area contributed by atoms with Crippen LogP contribution in [0, 0.1) is 5.92 Å². The quantitative estimate of drug-likeness (QED) is 0.634. The molecule has 0 unspecified atom stereocenters. The van der Waals surface area contributed by atoms with E-state index in [-0.39, 0.29) is 17.3 Å². The first-order chi connectivity index (χ1) is 9.36. The Labute approximate surface area is 119 Å². The van der Waals surface area contributed by atoms with Gasteiger partial charge in [-0.3, -0.25) is 5.10 Å². The minimum atomic E-state index is -3.73. The average Bonchev–Trinajstić information content (AvgIpc) is 2.85. The second kappa shape index (κ2) is 5.71. The van der Waals surface area contributed by atoms with Crippen molar-refractivity contribution in [3.63, 3.8) is 0 Å². The lowest BCUT2D eigenvalue weighted by molar-refractivity contribution is -0.00442. The zero-order chi connectivity index (χ0) is 14.8. The second-order valence-electron chi connectivity index (χ2n) is 5.55. The summed E-state index contributed by atoms with van der Waals surface area (Å²) in [5.74, 6) is 0.635. The number of aromatic amines is 1. The predicted molar refractivity (Wildman–Crippen MR) is 75.4 cm³/mol. The number of H-pyrrole nitrogens is 1. The molecule has 1 aromatic rings. The van der Waals surface area contributed by atoms with E-state index in [1.54, 1.807) is 0 Å². The molecule has 1 heterocycles. The Hall–Kier alpha value is -1.12. The van der Waals surface area contributed by atoms with Gasteiger partial charge in [0.15, 0.2) is 0 Å². The minimum absolute atomic E-state index is 0.000758. The van der Waals surface area contributed by atoms with Crippen LogP contribution in [0.4, 0.5) is 5.82 Å². The second-order valence-corrected chi connectivity index (χ2v) is 7.28. The van der Waals surface area contributed by atoms with Gasteiger partial charge in [0, 0.05) is 6.54 Å². The van der Waals surface area contributed by atoms with Gasteiger partial charge in [-0.15, -0.1) is 0 Å². The van der Waals surface area contributed by atoms with Crippen LogP contribution in [0.5, 0.6) is 0 Å². The molecule has 7 nitrogen and oxygen atoms in total. The molecule has 1 aliphatic rings. The highest BCUT2D eigenvalue weighted by molar-refractivity contribution is 7.89. The van der Waals surface area contributed by atoms with E-state index in [0.29, 0.717) is 18.8 Å². The summed E-state index contributed by atoms with van der Waals surface area (Å²) in [6.45, 7) is 2.15. The van der Waals surface area contributed by atoms with Crippen molar-refractivity contribution in [1.29, 1.82) is 0 Å². The van der Waals surface area contributed by atoms with Crippen LogP contribution in [0.2, 0.25) is 0 Å². The van der Waals surface area contributed by atoms with Gasteiger partial charge in [0.25, 0.3) is 0 Å². The van der Waals surface area contributed by atoms with Crippen molar-refractivity contribution in [2.24, 2.45) is 5.92 Å². The Bertz CT molecular complexity index is 547. The van der Waals surface area contributed by atoms with E-state index in [0.717, 1.165) is 25.5 Å². The summed E-state index contributed by atoms with van der Waals surface area (Å²) >= 11 is 0. The van der Waals surface area contributed by atoms with Gasteiger partial charge >= 0.3 is 0 Å². The predicted octanol–water partition coefficient (Wildman–Crippen LogP) is 0.602. The number of aliphatic hydroxyl groups is 1. The van der Waals surface area contributed by atoms with Crippen LogP contribution in [0.1, 0.15) is 39.0 Å². The Kier molecular flexibility index (Phi) is 4.36. The molecule has 0 bridgehead atoms. The number of anilines is 1. The number of hydrogen-bond donors (Lipinski definition) is 4. The largest absolute Gasteiger partial charge is 0.389 e. The maximum atomic E-state index is 12.1. The van der Waals surface area contributed by atoms with E-state index in [9.17, 15) is 13.5 Å². The molecule has 1 aromatic heterocycles. The number of rotatable bonds is 5. The first-order valence-corrected chi connectivity index (χ1v) is 8.35. The molecule has 0 radical (unpaired) electrons. The van der Waals surface area contributed by atoms with Gasteiger partial charge in [0.1, 0.15) is 10.7 Å². The summed E-state index contributed by atoms with van der Waals surface area (Å²) in [6.07, 6.45) is 5.37. The fourth-order valence-electron chi connectivity index (χ4n) is 2.61. The lowest BCUT2D eigenvalue weighted by atomic mass is 9.78. The van der Waals surface area contributed by atoms with Gasteiger partial charge in [-0.25, -0.2) is 13.1 Å². The van der Waals surface area contributed by atoms with Gasteiger partial charge in [0.2, 0.25) is 10.0 Å². The van der Waals surface area contributed by atoms with Crippen LogP contribution in [0.25, 0.3) is 0 Å². The molecular weight excluding hydrogens is 280 g/mol. The lowest BCUT2D eigenvalue weighted by Crippen LogP contribution is -2.45. The van der Waals surface area contributed by atoms with Crippen molar-refractivity contribution in [3.8, 4) is 0 Å². The van der Waals surface area contributed by atoms with Crippen molar-refractivity contribution in [2.45, 2.75) is 49.5 Å². The topological polar surface area (TPSA) is 121 Å². The minimum Gasteiger partial charge on any atom is -0.389 e. The van der Waals surface area contributed by atoms with Crippen LogP contribution in [-0.4, -0.2) is 35.9 Å². The lowest BCUT2D eigenvalue weighted by Gasteiger charge is -2.35. The van der Waals surface area contributed by atoms with Crippen molar-refractivity contribution in [2.75, 3.05) is 12.3 Å². The van der Waals surface area contributed by atoms with Crippen LogP contribution < -0.4 is 10.5 Å². The number of hydrogen-bond acceptors (Lipinski definition) is 5. The Balaban J connectivity index is 1.97. The molecule has 0 amide bonds. The molecule has 1 fully saturated rings. The summed E-state index contributed by atoms with van der Waals surface area (Å²) in [5.41, 5.74) is 4.54. The average molecular weight is 302 g/mol. The molecule has 1 saturated carbocycles. The van der Waals surface area contributed by atoms with Gasteiger partial charge in [-0.1, -0.05) is 13.3 Å². The molecule has 1 aliphatic carbocycles. The molecule has 20 heavy (non-hydrogen) atoms. The maximum Gasteiger partial charge on any atom is 0.245 e. The third-order valence-electron chi connectivity index (χ3n) is 4.13. The molecular formula is C12H22N4O3S. The number of sulfonamides is 1. The fourth-order valence-corrected chi connectivity index (χ4v) is 3.75. The molecule has 0 spiro atoms. The molecule has 0 aliphatic heterocycles. The molecule has 0 saturated heterocycles. The standard InChI is InChI=1S/C12H22N4O3S/c1-2-9-3-5-12(17,6-4-9)8-15-20(18,19)10-7-14-16-11(10)13/h7,9,15,17H,2-6,8H2,1H3,(H3,13,14,16). The zero-order valence-corrected chi connectivity index (χ0v) is 12.4. The van der Waals surface area contributed by atoms with Crippen LogP contribution in [-0.2, 0) is 10.0 Å². The monoisotopic (exact) mass is 302 g/mol. The summed E-state index contributed by atoms with van der Waals surface area (Å²) in [7, 11) is -3.73. The molecule has 0 aromatic carbocycles. The third kappa shape index (κ3) is 3.31. The van der Waals surface area contributed by atoms with Crippen LogP contribution >= 0.6 is 0 Å². The van der Waals surface area contributed by atoms with Gasteiger partial charge in [-0.05, 0) is 31.6 Å². The number of nitrogen functional groups attached to an aromatic ring is 1. The molecule has 114 valence electrons. The highest BCUT2D eigenvalue weighted by Crippen LogP contribution is 2.33. The van der Waals surface area contributed by atoms with E-state index in [1.807, 2.05) is 0 Å². The summed E-state index contributed by atoms with van der Waals surface area (Å²) in [4.78, 5) is -0.0802. The van der Waals surface area contributed by atoms with E-state index >= 15 is 0 Å². The number of nitrogens with two attached hydrogens (primary N) is 1. The fraction of sp³-hybridized carbons (Fsp3) is 0.750. The Morgan fingerprint density at radius 1 is 1.55 bits per heavy atom. The molecule has 5 N–H and O–H groups in total. The highest BCUT2D eigenvalue weighted by atomic mass is 32.2. The van der Waals surface area contributed by atoms with Crippen LogP contribution in [0.15, 0.2) is 11.1 Å². The van der Waals surface area contributed by atoms with Crippen molar-refractivity contribution >= 4 is 15.8 Å². The Morgan fingerprint density at radius 3 is 2.70 bits per heavy atom. The SMILES string of the molecule is CCC1CCC(O)(CNS(=O)(=O)c2cn[nH]c2N)CC1. The van der Waals surface area contributed by atoms with Gasteiger partial charge < -0.3 is 10.8 Å². The summed E-state index contributed by atoms with van der Waals surface area (Å²) in [6, 6.07) is 0. The first-order valence-electron chi connectivity index (χ1n) is 6.87. The van der Waals surface area contributed by atoms with E-state index in [1.165, 1.54) is 0 Å². The van der Waals surface area contributed by atoms with Crippen molar-refractivity contribution < 1.29 is 13.5 Å². The normalized spacial score (nSPS) is 27.6. The van der Waals surface area contributed by atoms with Crippen molar-refractivity contribution in [1.82, 2.24) is 14.9 Å². The maximum absolute atomic E-state index is 12.1. The van der Waals surface area contributed by atoms with E-state index in [2.05, 4.69) is 21.8 Å². The molecule has 8 heteroatoms. The summed E-state index contributed by atoms with van der Waals surface area (Å²) < 4.78 is 26.5. The number of nitrogens with zero attached hydrogens (tertiary/aromatic N) is 1. The van der Waals surface area contributed by atoms with E-state index < -0.39 is 15.6 Å². The number of nitrogens with one attached hydrogen (secondary N) is 2.